The fourth-order valence-electron chi connectivity index (χ4n) is 2.95. The van der Waals surface area contributed by atoms with Crippen molar-refractivity contribution in [1.82, 2.24) is 0 Å². The van der Waals surface area contributed by atoms with Crippen LogP contribution in [0.2, 0.25) is 0 Å². The van der Waals surface area contributed by atoms with Gasteiger partial charge in [-0.3, -0.25) is 14.3 Å². The largest absolute Gasteiger partial charge is 0.322 e. The van der Waals surface area contributed by atoms with Gasteiger partial charge in [0.2, 0.25) is 0 Å². The number of aryl methyl sites for hydroxylation is 2. The van der Waals surface area contributed by atoms with E-state index < -0.39 is 15.9 Å². The molecule has 7 heteroatoms. The minimum absolute atomic E-state index is 0.0164. The zero-order valence-electron chi connectivity index (χ0n) is 16.9. The highest BCUT2D eigenvalue weighted by molar-refractivity contribution is 7.92. The van der Waals surface area contributed by atoms with Gasteiger partial charge in [0.1, 0.15) is 0 Å². The van der Waals surface area contributed by atoms with Gasteiger partial charge in [0, 0.05) is 22.5 Å². The van der Waals surface area contributed by atoms with Crippen molar-refractivity contribution >= 4 is 33.1 Å². The van der Waals surface area contributed by atoms with Crippen molar-refractivity contribution in [1.29, 1.82) is 0 Å². The Morgan fingerprint density at radius 3 is 2.23 bits per heavy atom. The van der Waals surface area contributed by atoms with Crippen LogP contribution in [0.25, 0.3) is 0 Å². The highest BCUT2D eigenvalue weighted by Crippen LogP contribution is 2.21. The van der Waals surface area contributed by atoms with Gasteiger partial charge >= 0.3 is 0 Å². The van der Waals surface area contributed by atoms with Crippen LogP contribution in [0, 0.1) is 13.8 Å². The van der Waals surface area contributed by atoms with Gasteiger partial charge in [-0.2, -0.15) is 0 Å². The van der Waals surface area contributed by atoms with Gasteiger partial charge in [-0.05, 0) is 68.3 Å². The molecule has 0 aliphatic heterocycles. The topological polar surface area (TPSA) is 92.3 Å². The third-order valence-corrected chi connectivity index (χ3v) is 5.94. The number of carbonyl (C=O) groups is 2. The summed E-state index contributed by atoms with van der Waals surface area (Å²) in [4.78, 5) is 24.3. The van der Waals surface area contributed by atoms with Crippen LogP contribution in [-0.4, -0.2) is 20.1 Å². The summed E-state index contributed by atoms with van der Waals surface area (Å²) in [6.07, 6.45) is 0. The third-order valence-electron chi connectivity index (χ3n) is 4.56. The maximum atomic E-state index is 12.8. The van der Waals surface area contributed by atoms with Crippen LogP contribution in [0.4, 0.5) is 11.4 Å². The number of amides is 1. The molecular formula is C23H22N2O4S. The molecule has 0 saturated heterocycles. The first-order valence-electron chi connectivity index (χ1n) is 9.28. The first-order chi connectivity index (χ1) is 14.2. The smallest absolute Gasteiger partial charge is 0.261 e. The minimum atomic E-state index is -3.87. The molecule has 0 atom stereocenters. The van der Waals surface area contributed by atoms with Crippen molar-refractivity contribution < 1.29 is 18.0 Å². The van der Waals surface area contributed by atoms with E-state index >= 15 is 0 Å². The lowest BCUT2D eigenvalue weighted by atomic mass is 10.1. The lowest BCUT2D eigenvalue weighted by Crippen LogP contribution is -2.17. The Bertz CT molecular complexity index is 1230. The predicted octanol–water partition coefficient (Wildman–Crippen LogP) is 4.56. The standard InChI is InChI=1S/C23H22N2O4S/c1-15-6-4-9-20(12-15)25-30(28,29)21-11-10-16(2)22(14-21)23(27)24-19-8-5-7-18(13-19)17(3)26/h4-14,25H,1-3H3,(H,24,27). The summed E-state index contributed by atoms with van der Waals surface area (Å²) < 4.78 is 28.1. The molecule has 2 N–H and O–H groups in total. The molecule has 30 heavy (non-hydrogen) atoms. The molecule has 0 fully saturated rings. The number of Topliss-reactive ketones (excluding diaryl/α,β-unsaturated/α-hetero) is 1. The summed E-state index contributed by atoms with van der Waals surface area (Å²) in [6, 6.07) is 18.0. The Kier molecular flexibility index (Phi) is 6.03. The molecule has 3 aromatic carbocycles. The van der Waals surface area contributed by atoms with Crippen molar-refractivity contribution in [3.8, 4) is 0 Å². The predicted molar refractivity (Wildman–Crippen MR) is 118 cm³/mol. The lowest BCUT2D eigenvalue weighted by molar-refractivity contribution is 0.101. The molecule has 0 unspecified atom stereocenters. The Morgan fingerprint density at radius 1 is 0.833 bits per heavy atom. The van der Waals surface area contributed by atoms with E-state index in [0.717, 1.165) is 5.56 Å². The van der Waals surface area contributed by atoms with Crippen LogP contribution in [0.5, 0.6) is 0 Å². The van der Waals surface area contributed by atoms with Crippen LogP contribution in [-0.2, 0) is 10.0 Å². The number of sulfonamides is 1. The van der Waals surface area contributed by atoms with E-state index in [9.17, 15) is 18.0 Å². The monoisotopic (exact) mass is 422 g/mol. The van der Waals surface area contributed by atoms with Crippen LogP contribution in [0.15, 0.2) is 71.6 Å². The molecule has 0 heterocycles. The molecular weight excluding hydrogens is 400 g/mol. The number of nitrogens with one attached hydrogen (secondary N) is 2. The molecule has 0 bridgehead atoms. The second kappa shape index (κ2) is 8.51. The fraction of sp³-hybridized carbons (Fsp3) is 0.130. The molecule has 0 spiro atoms. The Balaban J connectivity index is 1.88. The Labute approximate surface area is 176 Å². The summed E-state index contributed by atoms with van der Waals surface area (Å²) in [7, 11) is -3.87. The second-order valence-electron chi connectivity index (χ2n) is 7.04. The van der Waals surface area contributed by atoms with Crippen LogP contribution in [0.1, 0.15) is 38.8 Å². The van der Waals surface area contributed by atoms with Gasteiger partial charge in [0.15, 0.2) is 5.78 Å². The number of rotatable bonds is 6. The van der Waals surface area contributed by atoms with E-state index in [2.05, 4.69) is 10.0 Å². The molecule has 0 saturated carbocycles. The van der Waals surface area contributed by atoms with E-state index in [4.69, 9.17) is 0 Å². The number of ketones is 1. The van der Waals surface area contributed by atoms with Crippen molar-refractivity contribution in [2.24, 2.45) is 0 Å². The number of benzene rings is 3. The normalized spacial score (nSPS) is 11.0. The van der Waals surface area contributed by atoms with E-state index in [0.29, 0.717) is 22.5 Å². The third kappa shape index (κ3) is 4.93. The van der Waals surface area contributed by atoms with Gasteiger partial charge in [-0.15, -0.1) is 0 Å². The molecule has 3 aromatic rings. The van der Waals surface area contributed by atoms with E-state index in [1.807, 2.05) is 13.0 Å². The zero-order chi connectivity index (χ0) is 21.9. The lowest BCUT2D eigenvalue weighted by Gasteiger charge is -2.12. The molecule has 0 aliphatic rings. The molecule has 6 nitrogen and oxygen atoms in total. The van der Waals surface area contributed by atoms with Crippen molar-refractivity contribution in [2.75, 3.05) is 10.0 Å². The minimum Gasteiger partial charge on any atom is -0.322 e. The SMILES string of the molecule is CC(=O)c1cccc(NC(=O)c2cc(S(=O)(=O)Nc3cccc(C)c3)ccc2C)c1. The van der Waals surface area contributed by atoms with E-state index in [-0.39, 0.29) is 16.2 Å². The van der Waals surface area contributed by atoms with Crippen molar-refractivity contribution in [3.63, 3.8) is 0 Å². The summed E-state index contributed by atoms with van der Waals surface area (Å²) >= 11 is 0. The van der Waals surface area contributed by atoms with Crippen LogP contribution >= 0.6 is 0 Å². The van der Waals surface area contributed by atoms with E-state index in [1.54, 1.807) is 55.5 Å². The second-order valence-corrected chi connectivity index (χ2v) is 8.73. The molecule has 0 radical (unpaired) electrons. The number of hydrogen-bond donors (Lipinski definition) is 2. The Hall–Kier alpha value is -3.45. The quantitative estimate of drug-likeness (QED) is 0.570. The average Bonchev–Trinajstić information content (AvgIpc) is 2.68. The molecule has 1 amide bonds. The highest BCUT2D eigenvalue weighted by atomic mass is 32.2. The number of carbonyl (C=O) groups excluding carboxylic acids is 2. The summed E-state index contributed by atoms with van der Waals surface area (Å²) in [5.41, 5.74) is 3.16. The average molecular weight is 423 g/mol. The molecule has 154 valence electrons. The summed E-state index contributed by atoms with van der Waals surface area (Å²) in [5, 5.41) is 2.72. The zero-order valence-corrected chi connectivity index (χ0v) is 17.7. The Morgan fingerprint density at radius 2 is 1.53 bits per heavy atom. The highest BCUT2D eigenvalue weighted by Gasteiger charge is 2.19. The molecule has 0 aromatic heterocycles. The van der Waals surface area contributed by atoms with Gasteiger partial charge in [0.05, 0.1) is 4.90 Å². The van der Waals surface area contributed by atoms with E-state index in [1.165, 1.54) is 19.1 Å². The van der Waals surface area contributed by atoms with Gasteiger partial charge in [-0.25, -0.2) is 8.42 Å². The van der Waals surface area contributed by atoms with Gasteiger partial charge < -0.3 is 5.32 Å². The van der Waals surface area contributed by atoms with Gasteiger partial charge in [-0.1, -0.05) is 30.3 Å². The first kappa shape index (κ1) is 21.3. The van der Waals surface area contributed by atoms with Crippen LogP contribution < -0.4 is 10.0 Å². The van der Waals surface area contributed by atoms with Crippen molar-refractivity contribution in [3.05, 3.63) is 89.0 Å². The summed E-state index contributed by atoms with van der Waals surface area (Å²) in [6.45, 7) is 5.04. The number of hydrogen-bond acceptors (Lipinski definition) is 4. The van der Waals surface area contributed by atoms with Gasteiger partial charge in [0.25, 0.3) is 15.9 Å². The maximum absolute atomic E-state index is 12.8. The maximum Gasteiger partial charge on any atom is 0.261 e. The number of anilines is 2. The summed E-state index contributed by atoms with van der Waals surface area (Å²) in [5.74, 6) is -0.571. The molecule has 3 rings (SSSR count). The van der Waals surface area contributed by atoms with Crippen LogP contribution in [0.3, 0.4) is 0 Å². The fourth-order valence-corrected chi connectivity index (χ4v) is 4.03. The van der Waals surface area contributed by atoms with Crippen molar-refractivity contribution in [2.45, 2.75) is 25.7 Å². The molecule has 0 aliphatic carbocycles. The first-order valence-corrected chi connectivity index (χ1v) is 10.8.